The molecule has 2 rings (SSSR count). The fourth-order valence-electron chi connectivity index (χ4n) is 2.30. The Labute approximate surface area is 119 Å². The van der Waals surface area contributed by atoms with Crippen molar-refractivity contribution in [1.29, 1.82) is 0 Å². The van der Waals surface area contributed by atoms with Gasteiger partial charge in [0.2, 0.25) is 0 Å². The third-order valence-electron chi connectivity index (χ3n) is 3.26. The summed E-state index contributed by atoms with van der Waals surface area (Å²) in [5.41, 5.74) is 2.40. The van der Waals surface area contributed by atoms with Gasteiger partial charge in [-0.2, -0.15) is 0 Å². The fraction of sp³-hybridized carbons (Fsp3) is 0.600. The third-order valence-corrected chi connectivity index (χ3v) is 3.69. The van der Waals surface area contributed by atoms with Gasteiger partial charge in [0.15, 0.2) is 0 Å². The van der Waals surface area contributed by atoms with E-state index in [2.05, 4.69) is 19.9 Å². The van der Waals surface area contributed by atoms with Crippen LogP contribution in [0.5, 0.6) is 5.75 Å². The quantitative estimate of drug-likeness (QED) is 0.593. The van der Waals surface area contributed by atoms with Gasteiger partial charge in [-0.25, -0.2) is 0 Å². The molecule has 0 N–H and O–H groups in total. The summed E-state index contributed by atoms with van der Waals surface area (Å²) in [7, 11) is 1.66. The highest BCUT2D eigenvalue weighted by atomic mass is 35.5. The number of hydrogen-bond donors (Lipinski definition) is 0. The minimum absolute atomic E-state index is 0.0350. The number of hydrogen-bond acceptors (Lipinski definition) is 3. The van der Waals surface area contributed by atoms with Crippen LogP contribution in [-0.4, -0.2) is 37.9 Å². The predicted octanol–water partition coefficient (Wildman–Crippen LogP) is 3.09. The van der Waals surface area contributed by atoms with Gasteiger partial charge in [-0.1, -0.05) is 6.07 Å². The van der Waals surface area contributed by atoms with Crippen molar-refractivity contribution < 1.29 is 14.2 Å². The fourth-order valence-corrected chi connectivity index (χ4v) is 2.71. The number of benzene rings is 1. The zero-order chi connectivity index (χ0) is 13.8. The van der Waals surface area contributed by atoms with E-state index in [0.717, 1.165) is 12.2 Å². The summed E-state index contributed by atoms with van der Waals surface area (Å²) in [6.07, 6.45) is 0.824. The molecule has 3 nitrogen and oxygen atoms in total. The molecule has 1 saturated carbocycles. The molecule has 0 radical (unpaired) electrons. The van der Waals surface area contributed by atoms with Gasteiger partial charge in [0.1, 0.15) is 18.0 Å². The van der Waals surface area contributed by atoms with Crippen LogP contribution in [0, 0.1) is 13.8 Å². The summed E-state index contributed by atoms with van der Waals surface area (Å²) >= 11 is 6.17. The van der Waals surface area contributed by atoms with E-state index in [1.54, 1.807) is 7.11 Å². The van der Waals surface area contributed by atoms with Crippen LogP contribution in [0.4, 0.5) is 0 Å². The third kappa shape index (κ3) is 3.85. The van der Waals surface area contributed by atoms with Gasteiger partial charge in [-0.15, -0.1) is 11.6 Å². The molecule has 0 amide bonds. The van der Waals surface area contributed by atoms with E-state index in [9.17, 15) is 0 Å². The van der Waals surface area contributed by atoms with E-state index in [1.165, 1.54) is 11.1 Å². The molecule has 1 fully saturated rings. The van der Waals surface area contributed by atoms with Gasteiger partial charge >= 0.3 is 0 Å². The zero-order valence-electron chi connectivity index (χ0n) is 11.7. The van der Waals surface area contributed by atoms with Gasteiger partial charge in [0.05, 0.1) is 18.6 Å². The second-order valence-electron chi connectivity index (χ2n) is 5.06. The lowest BCUT2D eigenvalue weighted by Gasteiger charge is -2.40. The van der Waals surface area contributed by atoms with Gasteiger partial charge in [0.25, 0.3) is 0 Å². The van der Waals surface area contributed by atoms with Crippen LogP contribution in [-0.2, 0) is 9.47 Å². The molecule has 0 heterocycles. The van der Waals surface area contributed by atoms with Crippen molar-refractivity contribution >= 4 is 11.6 Å². The largest absolute Gasteiger partial charge is 0.488 e. The van der Waals surface area contributed by atoms with Crippen LogP contribution in [0.2, 0.25) is 0 Å². The summed E-state index contributed by atoms with van der Waals surface area (Å²) in [6.45, 7) is 5.27. The van der Waals surface area contributed by atoms with Crippen molar-refractivity contribution in [3.8, 4) is 5.75 Å². The van der Waals surface area contributed by atoms with Crippen molar-refractivity contribution in [2.45, 2.75) is 37.9 Å². The topological polar surface area (TPSA) is 27.7 Å². The molecule has 106 valence electrons. The highest BCUT2D eigenvalue weighted by Crippen LogP contribution is 2.33. The Kier molecular flexibility index (Phi) is 5.08. The first-order valence-electron chi connectivity index (χ1n) is 6.59. The molecule has 0 saturated heterocycles. The van der Waals surface area contributed by atoms with Crippen LogP contribution in [0.1, 0.15) is 17.5 Å². The second-order valence-corrected chi connectivity index (χ2v) is 5.62. The molecule has 0 aliphatic heterocycles. The molecular formula is C15H21ClO3. The van der Waals surface area contributed by atoms with E-state index < -0.39 is 0 Å². The molecule has 3 unspecified atom stereocenters. The minimum Gasteiger partial charge on any atom is -0.488 e. The number of aryl methyl sites for hydroxylation is 2. The highest BCUT2D eigenvalue weighted by Gasteiger charge is 2.42. The minimum atomic E-state index is -0.0439. The average molecular weight is 285 g/mol. The van der Waals surface area contributed by atoms with Crippen LogP contribution in [0.3, 0.4) is 0 Å². The SMILES string of the molecule is COCCOC1C(Cl)CC1Oc1cc(C)cc(C)c1. The second kappa shape index (κ2) is 6.60. The van der Waals surface area contributed by atoms with E-state index in [4.69, 9.17) is 25.8 Å². The number of methoxy groups -OCH3 is 1. The molecule has 4 heteroatoms. The normalized spacial score (nSPS) is 26.0. The molecule has 3 atom stereocenters. The number of rotatable bonds is 6. The highest BCUT2D eigenvalue weighted by molar-refractivity contribution is 6.21. The van der Waals surface area contributed by atoms with Crippen LogP contribution >= 0.6 is 11.6 Å². The lowest BCUT2D eigenvalue weighted by atomic mass is 9.91. The molecule has 0 aromatic heterocycles. The zero-order valence-corrected chi connectivity index (χ0v) is 12.4. The van der Waals surface area contributed by atoms with E-state index in [1.807, 2.05) is 12.1 Å². The van der Waals surface area contributed by atoms with Gasteiger partial charge in [-0.3, -0.25) is 0 Å². The monoisotopic (exact) mass is 284 g/mol. The van der Waals surface area contributed by atoms with E-state index in [0.29, 0.717) is 13.2 Å². The number of alkyl halides is 1. The Morgan fingerprint density at radius 3 is 2.42 bits per heavy atom. The summed E-state index contributed by atoms with van der Waals surface area (Å²) in [5.74, 6) is 0.895. The number of halogens is 1. The Morgan fingerprint density at radius 1 is 1.16 bits per heavy atom. The predicted molar refractivity (Wildman–Crippen MR) is 76.2 cm³/mol. The first-order chi connectivity index (χ1) is 9.10. The molecule has 0 bridgehead atoms. The molecule has 1 aromatic rings. The Bertz CT molecular complexity index is 402. The summed E-state index contributed by atoms with van der Waals surface area (Å²) < 4.78 is 16.6. The molecule has 1 aliphatic carbocycles. The average Bonchev–Trinajstić information content (AvgIpc) is 2.33. The maximum atomic E-state index is 6.17. The Balaban J connectivity index is 1.91. The molecular weight excluding hydrogens is 264 g/mol. The van der Waals surface area contributed by atoms with Crippen molar-refractivity contribution in [2.24, 2.45) is 0 Å². The van der Waals surface area contributed by atoms with E-state index >= 15 is 0 Å². The molecule has 1 aromatic carbocycles. The lowest BCUT2D eigenvalue weighted by Crippen LogP contribution is -2.53. The molecule has 19 heavy (non-hydrogen) atoms. The number of ether oxygens (including phenoxy) is 3. The van der Waals surface area contributed by atoms with Crippen LogP contribution < -0.4 is 4.74 Å². The Morgan fingerprint density at radius 2 is 1.84 bits per heavy atom. The van der Waals surface area contributed by atoms with Crippen molar-refractivity contribution in [3.63, 3.8) is 0 Å². The van der Waals surface area contributed by atoms with Gasteiger partial charge in [-0.05, 0) is 37.1 Å². The van der Waals surface area contributed by atoms with Gasteiger partial charge < -0.3 is 14.2 Å². The van der Waals surface area contributed by atoms with Crippen LogP contribution in [0.15, 0.2) is 18.2 Å². The Hall–Kier alpha value is -0.770. The van der Waals surface area contributed by atoms with Crippen molar-refractivity contribution in [1.82, 2.24) is 0 Å². The molecule has 0 spiro atoms. The summed E-state index contributed by atoms with van der Waals surface area (Å²) in [5, 5.41) is 0.0350. The lowest BCUT2D eigenvalue weighted by molar-refractivity contribution is -0.0898. The maximum absolute atomic E-state index is 6.17. The van der Waals surface area contributed by atoms with Gasteiger partial charge in [0, 0.05) is 13.5 Å². The van der Waals surface area contributed by atoms with E-state index in [-0.39, 0.29) is 17.6 Å². The maximum Gasteiger partial charge on any atom is 0.128 e. The first-order valence-corrected chi connectivity index (χ1v) is 7.03. The molecule has 1 aliphatic rings. The first kappa shape index (κ1) is 14.6. The van der Waals surface area contributed by atoms with Crippen molar-refractivity contribution in [2.75, 3.05) is 20.3 Å². The van der Waals surface area contributed by atoms with Crippen molar-refractivity contribution in [3.05, 3.63) is 29.3 Å². The smallest absolute Gasteiger partial charge is 0.128 e. The standard InChI is InChI=1S/C15H21ClO3/c1-10-6-11(2)8-12(7-10)19-14-9-13(16)15(14)18-5-4-17-3/h6-8,13-15H,4-5,9H2,1-3H3. The summed E-state index contributed by atoms with van der Waals surface area (Å²) in [4.78, 5) is 0. The summed E-state index contributed by atoms with van der Waals surface area (Å²) in [6, 6.07) is 6.21. The van der Waals surface area contributed by atoms with Crippen LogP contribution in [0.25, 0.3) is 0 Å².